The van der Waals surface area contributed by atoms with E-state index in [-0.39, 0.29) is 12.5 Å². The summed E-state index contributed by atoms with van der Waals surface area (Å²) in [7, 11) is 3.37. The van der Waals surface area contributed by atoms with E-state index in [4.69, 9.17) is 15.6 Å². The molecule has 0 fully saturated rings. The molecule has 19 heavy (non-hydrogen) atoms. The molecule has 2 atom stereocenters. The molecule has 1 aromatic carbocycles. The van der Waals surface area contributed by atoms with Crippen molar-refractivity contribution >= 4 is 5.97 Å². The Kier molecular flexibility index (Phi) is 5.32. The zero-order valence-electron chi connectivity index (χ0n) is 11.9. The Bertz CT molecular complexity index is 460. The molecule has 2 unspecified atom stereocenters. The Labute approximate surface area is 113 Å². The number of hydrogen-bond acceptors (Lipinski definition) is 4. The average molecular weight is 266 g/mol. The number of nitrogens with one attached hydrogen (secondary N) is 1. The number of likely N-dealkylation sites (N-methyl/N-ethyl adjacent to an activating group) is 1. The van der Waals surface area contributed by atoms with Gasteiger partial charge in [0.05, 0.1) is 19.6 Å². The van der Waals surface area contributed by atoms with Gasteiger partial charge < -0.3 is 20.9 Å². The number of carboxylic acids is 1. The molecule has 106 valence electrons. The van der Waals surface area contributed by atoms with Crippen LogP contribution in [0, 0.1) is 13.8 Å². The van der Waals surface area contributed by atoms with Crippen LogP contribution >= 0.6 is 0 Å². The van der Waals surface area contributed by atoms with Gasteiger partial charge in [0.15, 0.2) is 0 Å². The van der Waals surface area contributed by atoms with Crippen LogP contribution < -0.4 is 15.8 Å². The van der Waals surface area contributed by atoms with Crippen LogP contribution in [0.2, 0.25) is 0 Å². The second-order valence-electron chi connectivity index (χ2n) is 4.73. The van der Waals surface area contributed by atoms with E-state index in [2.05, 4.69) is 5.32 Å². The second-order valence-corrected chi connectivity index (χ2v) is 4.73. The largest absolute Gasteiger partial charge is 0.496 e. The molecule has 1 aromatic rings. The van der Waals surface area contributed by atoms with E-state index in [1.165, 1.54) is 0 Å². The topological polar surface area (TPSA) is 84.6 Å². The summed E-state index contributed by atoms with van der Waals surface area (Å²) >= 11 is 0. The molecule has 0 aromatic heterocycles. The number of carbonyl (C=O) groups is 1. The van der Waals surface area contributed by atoms with Gasteiger partial charge in [-0.1, -0.05) is 6.07 Å². The number of hydrogen-bond donors (Lipinski definition) is 3. The van der Waals surface area contributed by atoms with Gasteiger partial charge in [-0.2, -0.15) is 0 Å². The van der Waals surface area contributed by atoms with E-state index < -0.39 is 12.0 Å². The van der Waals surface area contributed by atoms with Gasteiger partial charge in [-0.05, 0) is 38.1 Å². The summed E-state index contributed by atoms with van der Waals surface area (Å²) in [5.41, 5.74) is 9.05. The molecule has 5 heteroatoms. The van der Waals surface area contributed by atoms with E-state index in [1.54, 1.807) is 14.2 Å². The third-order valence-electron chi connectivity index (χ3n) is 3.17. The highest BCUT2D eigenvalue weighted by molar-refractivity contribution is 5.67. The number of ether oxygens (including phenoxy) is 1. The predicted molar refractivity (Wildman–Crippen MR) is 74.5 cm³/mol. The van der Waals surface area contributed by atoms with Crippen LogP contribution in [0.3, 0.4) is 0 Å². The van der Waals surface area contributed by atoms with Crippen molar-refractivity contribution in [1.29, 1.82) is 0 Å². The monoisotopic (exact) mass is 266 g/mol. The standard InChI is InChI=1S/C14H22N2O3/c1-8-5-9(2)13(11(6-8)19-4)14(16-3)10(15)7-12(17)18/h5-6,10,14,16H,7,15H2,1-4H3,(H,17,18). The van der Waals surface area contributed by atoms with Gasteiger partial charge in [0.1, 0.15) is 5.75 Å². The maximum absolute atomic E-state index is 10.8. The molecular weight excluding hydrogens is 244 g/mol. The van der Waals surface area contributed by atoms with Crippen LogP contribution in [0.4, 0.5) is 0 Å². The van der Waals surface area contributed by atoms with Gasteiger partial charge in [0, 0.05) is 11.6 Å². The Hall–Kier alpha value is -1.59. The number of methoxy groups -OCH3 is 1. The van der Waals surface area contributed by atoms with E-state index in [0.29, 0.717) is 0 Å². The molecular formula is C14H22N2O3. The van der Waals surface area contributed by atoms with Crippen LogP contribution in [0.15, 0.2) is 12.1 Å². The first-order chi connectivity index (χ1) is 8.90. The summed E-state index contributed by atoms with van der Waals surface area (Å²) in [6, 6.07) is 3.19. The number of aliphatic carboxylic acids is 1. The molecule has 5 nitrogen and oxygen atoms in total. The van der Waals surface area contributed by atoms with Crippen LogP contribution in [0.1, 0.15) is 29.2 Å². The summed E-state index contributed by atoms with van der Waals surface area (Å²) in [5.74, 6) is -0.172. The number of benzene rings is 1. The third-order valence-corrected chi connectivity index (χ3v) is 3.17. The minimum Gasteiger partial charge on any atom is -0.496 e. The SMILES string of the molecule is CNC(c1c(C)cc(C)cc1OC)C(N)CC(=O)O. The summed E-state index contributed by atoms with van der Waals surface area (Å²) in [4.78, 5) is 10.8. The molecule has 0 spiro atoms. The predicted octanol–water partition coefficient (Wildman–Crippen LogP) is 1.37. The maximum atomic E-state index is 10.8. The second kappa shape index (κ2) is 6.54. The van der Waals surface area contributed by atoms with Crippen molar-refractivity contribution < 1.29 is 14.6 Å². The smallest absolute Gasteiger partial charge is 0.304 e. The minimum absolute atomic E-state index is 0.0953. The number of aryl methyl sites for hydroxylation is 2. The molecule has 0 radical (unpaired) electrons. The Morgan fingerprint density at radius 1 is 1.47 bits per heavy atom. The lowest BCUT2D eigenvalue weighted by Gasteiger charge is -2.26. The fraction of sp³-hybridized carbons (Fsp3) is 0.500. The van der Waals surface area contributed by atoms with Crippen molar-refractivity contribution in [2.75, 3.05) is 14.2 Å². The lowest BCUT2D eigenvalue weighted by atomic mass is 9.92. The number of carboxylic acid groups (broad SMARTS) is 1. The normalized spacial score (nSPS) is 13.9. The lowest BCUT2D eigenvalue weighted by Crippen LogP contribution is -2.38. The molecule has 0 aliphatic carbocycles. The van der Waals surface area contributed by atoms with E-state index in [0.717, 1.165) is 22.4 Å². The summed E-state index contributed by atoms with van der Waals surface area (Å²) in [5, 5.41) is 12.0. The van der Waals surface area contributed by atoms with Gasteiger partial charge >= 0.3 is 5.97 Å². The third kappa shape index (κ3) is 3.68. The average Bonchev–Trinajstić information content (AvgIpc) is 2.31. The summed E-state index contributed by atoms with van der Waals surface area (Å²) < 4.78 is 5.40. The quantitative estimate of drug-likeness (QED) is 0.724. The van der Waals surface area contributed by atoms with Crippen molar-refractivity contribution in [2.45, 2.75) is 32.4 Å². The zero-order valence-corrected chi connectivity index (χ0v) is 11.9. The van der Waals surface area contributed by atoms with Crippen LogP contribution in [0.5, 0.6) is 5.75 Å². The van der Waals surface area contributed by atoms with Crippen molar-refractivity contribution in [1.82, 2.24) is 5.32 Å². The van der Waals surface area contributed by atoms with Crippen LogP contribution in [-0.4, -0.2) is 31.3 Å². The highest BCUT2D eigenvalue weighted by Gasteiger charge is 2.25. The maximum Gasteiger partial charge on any atom is 0.304 e. The highest BCUT2D eigenvalue weighted by Crippen LogP contribution is 2.31. The molecule has 0 saturated heterocycles. The fourth-order valence-corrected chi connectivity index (χ4v) is 2.40. The molecule has 1 rings (SSSR count). The van der Waals surface area contributed by atoms with Gasteiger partial charge in [0.2, 0.25) is 0 Å². The van der Waals surface area contributed by atoms with E-state index in [1.807, 2.05) is 26.0 Å². The zero-order chi connectivity index (χ0) is 14.6. The highest BCUT2D eigenvalue weighted by atomic mass is 16.5. The Morgan fingerprint density at radius 3 is 2.58 bits per heavy atom. The molecule has 0 amide bonds. The lowest BCUT2D eigenvalue weighted by molar-refractivity contribution is -0.137. The molecule has 0 bridgehead atoms. The van der Waals surface area contributed by atoms with Crippen molar-refractivity contribution in [2.24, 2.45) is 5.73 Å². The van der Waals surface area contributed by atoms with E-state index in [9.17, 15) is 4.79 Å². The number of nitrogens with two attached hydrogens (primary N) is 1. The van der Waals surface area contributed by atoms with Crippen molar-refractivity contribution in [3.05, 3.63) is 28.8 Å². The van der Waals surface area contributed by atoms with Gasteiger partial charge in [0.25, 0.3) is 0 Å². The Balaban J connectivity index is 3.20. The van der Waals surface area contributed by atoms with Crippen LogP contribution in [0.25, 0.3) is 0 Å². The minimum atomic E-state index is -0.906. The van der Waals surface area contributed by atoms with Gasteiger partial charge in [-0.25, -0.2) is 0 Å². The van der Waals surface area contributed by atoms with Gasteiger partial charge in [-0.15, -0.1) is 0 Å². The molecule has 0 aliphatic rings. The molecule has 0 saturated carbocycles. The van der Waals surface area contributed by atoms with Crippen LogP contribution in [-0.2, 0) is 4.79 Å². The molecule has 4 N–H and O–H groups in total. The first-order valence-electron chi connectivity index (χ1n) is 6.20. The van der Waals surface area contributed by atoms with Gasteiger partial charge in [-0.3, -0.25) is 4.79 Å². The summed E-state index contributed by atoms with van der Waals surface area (Å²) in [6.45, 7) is 3.97. The van der Waals surface area contributed by atoms with Crippen molar-refractivity contribution in [3.8, 4) is 5.75 Å². The first kappa shape index (κ1) is 15.5. The van der Waals surface area contributed by atoms with Crippen molar-refractivity contribution in [3.63, 3.8) is 0 Å². The number of rotatable bonds is 6. The van der Waals surface area contributed by atoms with E-state index >= 15 is 0 Å². The Morgan fingerprint density at radius 2 is 2.11 bits per heavy atom. The fourth-order valence-electron chi connectivity index (χ4n) is 2.40. The summed E-state index contributed by atoms with van der Waals surface area (Å²) in [6.07, 6.45) is -0.0953. The first-order valence-corrected chi connectivity index (χ1v) is 6.20. The molecule has 0 heterocycles. The molecule has 0 aliphatic heterocycles.